The number of hydrogen-bond donors (Lipinski definition) is 1. The van der Waals surface area contributed by atoms with E-state index in [2.05, 4.69) is 4.28 Å². The van der Waals surface area contributed by atoms with Crippen molar-refractivity contribution in [3.05, 3.63) is 21.9 Å². The number of urea groups is 1. The Hall–Kier alpha value is -1.16. The molecule has 0 radical (unpaired) electrons. The van der Waals surface area contributed by atoms with Crippen molar-refractivity contribution in [1.29, 1.82) is 0 Å². The summed E-state index contributed by atoms with van der Waals surface area (Å²) in [4.78, 5) is 14.2. The van der Waals surface area contributed by atoms with E-state index in [1.807, 2.05) is 11.4 Å². The van der Waals surface area contributed by atoms with Crippen LogP contribution < -0.4 is 0 Å². The fraction of sp³-hybridized carbons (Fsp3) is 0.375. The molecule has 2 bridgehead atoms. The zero-order chi connectivity index (χ0) is 12.2. The fourth-order valence-corrected chi connectivity index (χ4v) is 3.48. The van der Waals surface area contributed by atoms with Crippen LogP contribution in [0.2, 0.25) is 0 Å². The second-order valence-electron chi connectivity index (χ2n) is 3.82. The molecule has 3 heterocycles. The maximum atomic E-state index is 11.8. The lowest BCUT2D eigenvalue weighted by Gasteiger charge is -2.21. The predicted octanol–water partition coefficient (Wildman–Crippen LogP) is 0.775. The van der Waals surface area contributed by atoms with Gasteiger partial charge in [0.1, 0.15) is 6.04 Å². The topological polar surface area (TPSA) is 87.2 Å². The highest BCUT2D eigenvalue weighted by Crippen LogP contribution is 2.40. The minimum Gasteiger partial charge on any atom is -0.316 e. The maximum absolute atomic E-state index is 11.8. The SMILES string of the molecule is O=C1N2Cc3ccsc3C(C2)N1OS(=O)(=O)O. The molecule has 0 aromatic carbocycles. The molecule has 1 aromatic heterocycles. The summed E-state index contributed by atoms with van der Waals surface area (Å²) in [6, 6.07) is 0.882. The molecule has 1 saturated heterocycles. The number of hydroxylamine groups is 2. The smallest absolute Gasteiger partial charge is 0.316 e. The van der Waals surface area contributed by atoms with Crippen LogP contribution in [0.5, 0.6) is 0 Å². The molecule has 1 fully saturated rings. The molecule has 3 rings (SSSR count). The summed E-state index contributed by atoms with van der Waals surface area (Å²) in [5, 5.41) is 2.60. The van der Waals surface area contributed by atoms with E-state index in [4.69, 9.17) is 4.55 Å². The Morgan fingerprint density at radius 3 is 3.00 bits per heavy atom. The monoisotopic (exact) mass is 276 g/mol. The van der Waals surface area contributed by atoms with Crippen LogP contribution in [0, 0.1) is 0 Å². The van der Waals surface area contributed by atoms with E-state index in [0.717, 1.165) is 15.5 Å². The van der Waals surface area contributed by atoms with Gasteiger partial charge in [-0.3, -0.25) is 4.55 Å². The third-order valence-electron chi connectivity index (χ3n) is 2.75. The van der Waals surface area contributed by atoms with E-state index in [1.165, 1.54) is 16.2 Å². The van der Waals surface area contributed by atoms with Gasteiger partial charge in [0.2, 0.25) is 0 Å². The van der Waals surface area contributed by atoms with E-state index in [0.29, 0.717) is 13.1 Å². The highest BCUT2D eigenvalue weighted by molar-refractivity contribution is 7.80. The zero-order valence-corrected chi connectivity index (χ0v) is 10.1. The molecule has 1 unspecified atom stereocenters. The average molecular weight is 276 g/mol. The lowest BCUT2D eigenvalue weighted by atomic mass is 10.1. The number of nitrogens with zero attached hydrogens (tertiary/aromatic N) is 2. The van der Waals surface area contributed by atoms with Gasteiger partial charge in [0.25, 0.3) is 0 Å². The Balaban J connectivity index is 1.99. The van der Waals surface area contributed by atoms with E-state index in [1.54, 1.807) is 0 Å². The average Bonchev–Trinajstić information content (AvgIpc) is 2.77. The van der Waals surface area contributed by atoms with Crippen LogP contribution in [0.3, 0.4) is 0 Å². The summed E-state index contributed by atoms with van der Waals surface area (Å²) in [5.41, 5.74) is 0.987. The van der Waals surface area contributed by atoms with E-state index in [9.17, 15) is 13.2 Å². The first-order chi connectivity index (χ1) is 7.96. The highest BCUT2D eigenvalue weighted by atomic mass is 32.3. The Morgan fingerprint density at radius 2 is 2.29 bits per heavy atom. The van der Waals surface area contributed by atoms with Crippen LogP contribution in [0.1, 0.15) is 16.5 Å². The van der Waals surface area contributed by atoms with Gasteiger partial charge >= 0.3 is 16.4 Å². The highest BCUT2D eigenvalue weighted by Gasteiger charge is 2.46. The summed E-state index contributed by atoms with van der Waals surface area (Å²) < 4.78 is 34.4. The molecule has 0 aliphatic carbocycles. The van der Waals surface area contributed by atoms with E-state index in [-0.39, 0.29) is 0 Å². The molecule has 1 N–H and O–H groups in total. The molecule has 0 spiro atoms. The lowest BCUT2D eigenvalue weighted by molar-refractivity contribution is -0.0307. The number of carbonyl (C=O) groups is 1. The maximum Gasteiger partial charge on any atom is 0.418 e. The van der Waals surface area contributed by atoms with E-state index < -0.39 is 22.5 Å². The predicted molar refractivity (Wildman–Crippen MR) is 57.3 cm³/mol. The van der Waals surface area contributed by atoms with Crippen molar-refractivity contribution in [3.8, 4) is 0 Å². The van der Waals surface area contributed by atoms with Gasteiger partial charge in [-0.15, -0.1) is 15.6 Å². The Labute approximate surface area is 101 Å². The summed E-state index contributed by atoms with van der Waals surface area (Å²) in [6.07, 6.45) is 0. The van der Waals surface area contributed by atoms with Crippen molar-refractivity contribution in [1.82, 2.24) is 9.96 Å². The van der Waals surface area contributed by atoms with Crippen LogP contribution in [0.25, 0.3) is 0 Å². The van der Waals surface area contributed by atoms with Crippen molar-refractivity contribution >= 4 is 27.8 Å². The van der Waals surface area contributed by atoms with Gasteiger partial charge in [0.15, 0.2) is 0 Å². The van der Waals surface area contributed by atoms with Gasteiger partial charge in [-0.05, 0) is 17.0 Å². The summed E-state index contributed by atoms with van der Waals surface area (Å²) in [5.74, 6) is 0. The van der Waals surface area contributed by atoms with Crippen LogP contribution in [-0.4, -0.2) is 35.5 Å². The molecule has 2 aliphatic rings. The molecule has 2 amide bonds. The van der Waals surface area contributed by atoms with Crippen LogP contribution in [0.15, 0.2) is 11.4 Å². The van der Waals surface area contributed by atoms with Crippen molar-refractivity contribution in [2.24, 2.45) is 0 Å². The van der Waals surface area contributed by atoms with E-state index >= 15 is 0 Å². The van der Waals surface area contributed by atoms with Gasteiger partial charge < -0.3 is 4.90 Å². The Kier molecular flexibility index (Phi) is 2.20. The first-order valence-electron chi connectivity index (χ1n) is 4.77. The molecule has 2 aliphatic heterocycles. The van der Waals surface area contributed by atoms with Gasteiger partial charge in [-0.25, -0.2) is 4.79 Å². The van der Waals surface area contributed by atoms with Crippen LogP contribution >= 0.6 is 11.3 Å². The second kappa shape index (κ2) is 3.42. The Bertz CT molecular complexity index is 580. The number of thiophene rings is 1. The summed E-state index contributed by atoms with van der Waals surface area (Å²) >= 11 is 1.44. The molecule has 9 heteroatoms. The number of rotatable bonds is 2. The summed E-state index contributed by atoms with van der Waals surface area (Å²) in [6.45, 7) is 0.821. The van der Waals surface area contributed by atoms with Crippen molar-refractivity contribution in [2.45, 2.75) is 12.6 Å². The largest absolute Gasteiger partial charge is 0.418 e. The molecular formula is C8H8N2O5S2. The van der Waals surface area contributed by atoms with Gasteiger partial charge in [-0.2, -0.15) is 13.5 Å². The van der Waals surface area contributed by atoms with Crippen molar-refractivity contribution in [2.75, 3.05) is 6.54 Å². The third-order valence-corrected chi connectivity index (χ3v) is 4.16. The molecular weight excluding hydrogens is 268 g/mol. The minimum atomic E-state index is -4.68. The number of fused-ring (bicyclic) bond motifs is 4. The molecule has 7 nitrogen and oxygen atoms in total. The first-order valence-corrected chi connectivity index (χ1v) is 7.01. The zero-order valence-electron chi connectivity index (χ0n) is 8.44. The number of amides is 2. The van der Waals surface area contributed by atoms with Gasteiger partial charge in [-0.1, -0.05) is 0 Å². The standard InChI is InChI=1S/C8H8N2O5S2/c11-8-9-3-5-1-2-16-7(5)6(4-9)10(8)15-17(12,13)14/h1-2,6H,3-4H2,(H,12,13,14). The van der Waals surface area contributed by atoms with Crippen molar-refractivity contribution < 1.29 is 22.0 Å². The number of hydrogen-bond acceptors (Lipinski definition) is 5. The van der Waals surface area contributed by atoms with Crippen molar-refractivity contribution in [3.63, 3.8) is 0 Å². The molecule has 0 saturated carbocycles. The van der Waals surface area contributed by atoms with Crippen LogP contribution in [0.4, 0.5) is 4.79 Å². The molecule has 17 heavy (non-hydrogen) atoms. The fourth-order valence-electron chi connectivity index (χ4n) is 2.12. The molecule has 92 valence electrons. The van der Waals surface area contributed by atoms with Gasteiger partial charge in [0, 0.05) is 11.4 Å². The quantitative estimate of drug-likeness (QED) is 0.806. The minimum absolute atomic E-state index is 0.377. The van der Waals surface area contributed by atoms with Gasteiger partial charge in [0.05, 0.1) is 6.54 Å². The number of carbonyl (C=O) groups excluding carboxylic acids is 1. The molecule has 1 aromatic rings. The Morgan fingerprint density at radius 1 is 1.53 bits per heavy atom. The lowest BCUT2D eigenvalue weighted by Crippen LogP contribution is -2.32. The first kappa shape index (κ1) is 11.0. The normalized spacial score (nSPS) is 23.1. The third kappa shape index (κ3) is 1.71. The summed E-state index contributed by atoms with van der Waals surface area (Å²) in [7, 11) is -4.68. The second-order valence-corrected chi connectivity index (χ2v) is 5.77. The molecule has 1 atom stereocenters. The van der Waals surface area contributed by atoms with Crippen LogP contribution in [-0.2, 0) is 21.2 Å².